The van der Waals surface area contributed by atoms with E-state index in [2.05, 4.69) is 25.9 Å². The summed E-state index contributed by atoms with van der Waals surface area (Å²) in [6.45, 7) is 2.12. The Hall–Kier alpha value is -3.42. The number of piperidine rings is 1. The number of fused-ring (bicyclic) bond motifs is 4. The zero-order valence-electron chi connectivity index (χ0n) is 15.2. The number of H-pyrrole nitrogens is 1. The molecule has 3 aromatic rings. The third-order valence-corrected chi connectivity index (χ3v) is 5.62. The lowest BCUT2D eigenvalue weighted by molar-refractivity contribution is 0.281. The largest absolute Gasteiger partial charge is 0.369 e. The first-order valence-corrected chi connectivity index (χ1v) is 9.34. The molecule has 28 heavy (non-hydrogen) atoms. The first-order valence-electron chi connectivity index (χ1n) is 9.34. The van der Waals surface area contributed by atoms with Crippen LogP contribution in [0.25, 0.3) is 11.1 Å². The van der Waals surface area contributed by atoms with E-state index in [0.29, 0.717) is 24.8 Å². The number of pyridine rings is 2. The lowest BCUT2D eigenvalue weighted by atomic mass is 9.82. The maximum atomic E-state index is 12.8. The molecule has 1 fully saturated rings. The summed E-state index contributed by atoms with van der Waals surface area (Å²) in [6, 6.07) is 9.10. The Morgan fingerprint density at radius 1 is 1.11 bits per heavy atom. The molecular weight excluding hydrogens is 356 g/mol. The van der Waals surface area contributed by atoms with Gasteiger partial charge in [-0.05, 0) is 30.0 Å². The highest BCUT2D eigenvalue weighted by Crippen LogP contribution is 2.37. The summed E-state index contributed by atoms with van der Waals surface area (Å²) in [5.41, 5.74) is 8.34. The van der Waals surface area contributed by atoms with Gasteiger partial charge in [-0.2, -0.15) is 4.98 Å². The predicted molar refractivity (Wildman–Crippen MR) is 106 cm³/mol. The molecule has 0 radical (unpaired) electrons. The van der Waals surface area contributed by atoms with Crippen LogP contribution in [0.3, 0.4) is 0 Å². The van der Waals surface area contributed by atoms with E-state index in [-0.39, 0.29) is 23.0 Å². The monoisotopic (exact) mass is 376 g/mol. The van der Waals surface area contributed by atoms with Crippen molar-refractivity contribution in [2.75, 3.05) is 23.7 Å². The van der Waals surface area contributed by atoms with Crippen LogP contribution in [-0.2, 0) is 6.54 Å². The topological polar surface area (TPSA) is 110 Å². The Morgan fingerprint density at radius 3 is 2.79 bits per heavy atom. The van der Waals surface area contributed by atoms with Crippen molar-refractivity contribution in [2.24, 2.45) is 5.92 Å². The number of nitrogens with zero attached hydrogens (tertiary/aromatic N) is 4. The number of hydrogen-bond acceptors (Lipinski definition) is 6. The smallest absolute Gasteiger partial charge is 0.254 e. The molecule has 0 aromatic carbocycles. The second-order valence-electron chi connectivity index (χ2n) is 7.55. The van der Waals surface area contributed by atoms with Crippen molar-refractivity contribution in [3.05, 3.63) is 69.1 Å². The van der Waals surface area contributed by atoms with Gasteiger partial charge in [-0.1, -0.05) is 6.07 Å². The maximum Gasteiger partial charge on any atom is 0.254 e. The zero-order valence-corrected chi connectivity index (χ0v) is 15.2. The van der Waals surface area contributed by atoms with E-state index in [0.717, 1.165) is 29.8 Å². The van der Waals surface area contributed by atoms with Crippen molar-refractivity contribution < 1.29 is 0 Å². The molecule has 0 amide bonds. The maximum absolute atomic E-state index is 12.8. The number of nitrogen functional groups attached to an aromatic ring is 1. The average molecular weight is 376 g/mol. The lowest BCUT2D eigenvalue weighted by Gasteiger charge is -2.43. The Bertz CT molecular complexity index is 1150. The zero-order chi connectivity index (χ0) is 19.3. The normalized spacial score (nSPS) is 20.6. The second-order valence-corrected chi connectivity index (χ2v) is 7.55. The second kappa shape index (κ2) is 6.33. The summed E-state index contributed by atoms with van der Waals surface area (Å²) < 4.78 is 1.90. The fraction of sp³-hybridized carbons (Fsp3) is 0.300. The van der Waals surface area contributed by atoms with Gasteiger partial charge in [0.15, 0.2) is 0 Å². The fourth-order valence-corrected chi connectivity index (χ4v) is 4.47. The molecule has 0 spiro atoms. The summed E-state index contributed by atoms with van der Waals surface area (Å²) in [6.07, 6.45) is 4.51. The van der Waals surface area contributed by atoms with E-state index in [9.17, 15) is 9.59 Å². The minimum atomic E-state index is -0.256. The van der Waals surface area contributed by atoms with Gasteiger partial charge in [-0.3, -0.25) is 19.6 Å². The van der Waals surface area contributed by atoms with Crippen molar-refractivity contribution in [1.29, 1.82) is 0 Å². The van der Waals surface area contributed by atoms with Gasteiger partial charge in [0.05, 0.1) is 0 Å². The molecule has 0 aliphatic carbocycles. The minimum absolute atomic E-state index is 0.0260. The molecule has 5 heterocycles. The molecule has 2 aliphatic heterocycles. The summed E-state index contributed by atoms with van der Waals surface area (Å²) in [5, 5.41) is 0. The molecule has 8 heteroatoms. The lowest BCUT2D eigenvalue weighted by Crippen LogP contribution is -2.47. The summed E-state index contributed by atoms with van der Waals surface area (Å²) >= 11 is 0. The van der Waals surface area contributed by atoms with Gasteiger partial charge in [0, 0.05) is 61.3 Å². The molecule has 5 rings (SSSR count). The van der Waals surface area contributed by atoms with E-state index in [1.807, 2.05) is 16.7 Å². The molecule has 2 aliphatic rings. The fourth-order valence-electron chi connectivity index (χ4n) is 4.47. The average Bonchev–Trinajstić information content (AvgIpc) is 2.68. The van der Waals surface area contributed by atoms with Crippen LogP contribution in [0.5, 0.6) is 0 Å². The van der Waals surface area contributed by atoms with Crippen molar-refractivity contribution in [2.45, 2.75) is 18.9 Å². The molecular formula is C20H20N6O2. The van der Waals surface area contributed by atoms with E-state index >= 15 is 0 Å². The predicted octanol–water partition coefficient (Wildman–Crippen LogP) is 1.20. The van der Waals surface area contributed by atoms with Gasteiger partial charge < -0.3 is 15.2 Å². The SMILES string of the molecule is Nc1nc(N2C[C@@H]3C[C@H](C2)c2cc(-c4cccnc4)cc(=O)n2C3)cc(=O)[nH]1. The Kier molecular flexibility index (Phi) is 3.78. The summed E-state index contributed by atoms with van der Waals surface area (Å²) in [7, 11) is 0. The van der Waals surface area contributed by atoms with Crippen LogP contribution >= 0.6 is 0 Å². The standard InChI is InChI=1S/C20H20N6O2/c21-20-23-17(7-18(27)24-20)25-9-12-4-15(11-25)16-5-14(6-19(28)26(16)10-12)13-2-1-3-22-8-13/h1-3,5-8,12,15H,4,9-11H2,(H3,21,23,24,27)/t12-,15+/m0/s1. The van der Waals surface area contributed by atoms with Crippen LogP contribution in [0.1, 0.15) is 18.0 Å². The number of aromatic amines is 1. The third kappa shape index (κ3) is 2.87. The Labute approximate surface area is 160 Å². The number of aromatic nitrogens is 4. The third-order valence-electron chi connectivity index (χ3n) is 5.62. The van der Waals surface area contributed by atoms with Crippen LogP contribution in [-0.4, -0.2) is 32.6 Å². The molecule has 3 aromatic heterocycles. The molecule has 0 unspecified atom stereocenters. The van der Waals surface area contributed by atoms with E-state index in [1.54, 1.807) is 18.5 Å². The quantitative estimate of drug-likeness (QED) is 0.695. The highest BCUT2D eigenvalue weighted by molar-refractivity contribution is 5.62. The van der Waals surface area contributed by atoms with Crippen LogP contribution in [0, 0.1) is 5.92 Å². The first kappa shape index (κ1) is 16.7. The van der Waals surface area contributed by atoms with E-state index in [1.165, 1.54) is 6.07 Å². The summed E-state index contributed by atoms with van der Waals surface area (Å²) in [4.78, 5) is 37.6. The number of nitrogens with one attached hydrogen (secondary N) is 1. The first-order chi connectivity index (χ1) is 13.6. The number of anilines is 2. The van der Waals surface area contributed by atoms with Crippen molar-refractivity contribution in [3.63, 3.8) is 0 Å². The van der Waals surface area contributed by atoms with Gasteiger partial charge >= 0.3 is 0 Å². The van der Waals surface area contributed by atoms with Crippen molar-refractivity contribution in [1.82, 2.24) is 19.5 Å². The molecule has 0 saturated carbocycles. The van der Waals surface area contributed by atoms with Crippen molar-refractivity contribution in [3.8, 4) is 11.1 Å². The Balaban J connectivity index is 1.54. The van der Waals surface area contributed by atoms with Gasteiger partial charge in [0.2, 0.25) is 5.95 Å². The molecule has 1 saturated heterocycles. The highest BCUT2D eigenvalue weighted by Gasteiger charge is 2.35. The molecule has 8 nitrogen and oxygen atoms in total. The van der Waals surface area contributed by atoms with Crippen LogP contribution in [0.2, 0.25) is 0 Å². The summed E-state index contributed by atoms with van der Waals surface area (Å²) in [5.74, 6) is 1.23. The van der Waals surface area contributed by atoms with Gasteiger partial charge in [-0.25, -0.2) is 0 Å². The molecule has 2 bridgehead atoms. The van der Waals surface area contributed by atoms with Gasteiger partial charge in [0.1, 0.15) is 5.82 Å². The minimum Gasteiger partial charge on any atom is -0.369 e. The van der Waals surface area contributed by atoms with Gasteiger partial charge in [-0.15, -0.1) is 0 Å². The Morgan fingerprint density at radius 2 is 2.00 bits per heavy atom. The molecule has 3 N–H and O–H groups in total. The molecule has 142 valence electrons. The van der Waals surface area contributed by atoms with Crippen LogP contribution in [0.15, 0.2) is 52.3 Å². The van der Waals surface area contributed by atoms with Crippen molar-refractivity contribution >= 4 is 11.8 Å². The highest BCUT2D eigenvalue weighted by atomic mass is 16.1. The van der Waals surface area contributed by atoms with Gasteiger partial charge in [0.25, 0.3) is 11.1 Å². The number of rotatable bonds is 2. The van der Waals surface area contributed by atoms with Crippen LogP contribution < -0.4 is 21.8 Å². The van der Waals surface area contributed by atoms with Crippen LogP contribution in [0.4, 0.5) is 11.8 Å². The number of nitrogens with two attached hydrogens (primary N) is 1. The van der Waals surface area contributed by atoms with E-state index in [4.69, 9.17) is 5.73 Å². The number of hydrogen-bond donors (Lipinski definition) is 2. The van der Waals surface area contributed by atoms with E-state index < -0.39 is 0 Å². The molecule has 2 atom stereocenters.